The van der Waals surface area contributed by atoms with Gasteiger partial charge < -0.3 is 39.6 Å². The molecule has 0 aromatic heterocycles. The van der Waals surface area contributed by atoms with Crippen LogP contribution in [0.1, 0.15) is 125 Å². The number of aldehydes is 1. The van der Waals surface area contributed by atoms with Crippen molar-refractivity contribution in [2.75, 3.05) is 47.2 Å². The molecule has 4 rings (SSSR count). The van der Waals surface area contributed by atoms with E-state index in [2.05, 4.69) is 24.5 Å². The molecule has 1 aliphatic carbocycles. The van der Waals surface area contributed by atoms with E-state index in [4.69, 9.17) is 9.47 Å². The summed E-state index contributed by atoms with van der Waals surface area (Å²) in [7, 11) is 6.31. The van der Waals surface area contributed by atoms with Gasteiger partial charge in [-0.05, 0) is 73.5 Å². The molecule has 2 saturated heterocycles. The Balaban J connectivity index is 1.30. The van der Waals surface area contributed by atoms with Crippen molar-refractivity contribution in [2.45, 2.75) is 173 Å². The third-order valence-electron chi connectivity index (χ3n) is 14.8. The first kappa shape index (κ1) is 58.2. The molecule has 7 amide bonds. The average molecular weight is 997 g/mol. The average Bonchev–Trinajstić information content (AvgIpc) is 3.91. The second-order valence-electron chi connectivity index (χ2n) is 20.7. The predicted molar refractivity (Wildman–Crippen MR) is 271 cm³/mol. The van der Waals surface area contributed by atoms with Crippen molar-refractivity contribution in [3.8, 4) is 0 Å². The minimum absolute atomic E-state index is 0.0135. The van der Waals surface area contributed by atoms with Crippen molar-refractivity contribution < 1.29 is 47.8 Å². The molecule has 70 heavy (non-hydrogen) atoms. The molecule has 3 aliphatic rings. The highest BCUT2D eigenvalue weighted by molar-refractivity contribution is 8.00. The largest absolute Gasteiger partial charge is 0.379 e. The highest BCUT2D eigenvalue weighted by atomic mass is 32.2. The number of methoxy groups -OCH3 is 2. The SMILES string of the molecule is CC[C@H](C)[C@@H]([C@@H](CC(=O)N1C2CC2CC1[C@H](OC)[C@@H](C)C(=O)N[C@H](C=O)Cc1ccccc1)OC)N(C)C(=O)CNC(=O)[C@H](C(C)C)N(C)C(=O)CCCCCN1C(=O)CC(SCCCC(C)C)C1=O. The molecule has 0 bridgehead atoms. The molecular formula is C53H84N6O10S. The van der Waals surface area contributed by atoms with Crippen LogP contribution < -0.4 is 10.6 Å². The molecule has 2 N–H and O–H groups in total. The zero-order chi connectivity index (χ0) is 51.8. The first-order valence-electron chi connectivity index (χ1n) is 25.7. The summed E-state index contributed by atoms with van der Waals surface area (Å²) in [5, 5.41) is 5.35. The molecule has 392 valence electrons. The Morgan fingerprint density at radius 1 is 0.886 bits per heavy atom. The van der Waals surface area contributed by atoms with E-state index in [1.807, 2.05) is 62.9 Å². The standard InChI is InChI=1S/C53H84N6O10S/c1-12-35(6)49(42(68-10)29-46(63)59-40-27-38(40)28-41(59)50(69-11)36(7)51(65)55-39(32-60)26-37-21-15-13-16-22-37)57(9)47(64)31-54-52(66)48(34(4)5)56(8)44(61)23-17-14-18-24-58-45(62)30-43(53(58)67)70-25-19-20-33(2)3/h13,15-16,21-22,32-36,38-43,48-50H,12,14,17-20,23-31H2,1-11H3,(H,54,66)(H,55,65)/t35-,36+,38?,39-,40?,41?,42+,43?,48-,49-,50+/m0/s1. The number of amides is 7. The summed E-state index contributed by atoms with van der Waals surface area (Å²) < 4.78 is 12.0. The van der Waals surface area contributed by atoms with E-state index in [1.165, 1.54) is 24.0 Å². The van der Waals surface area contributed by atoms with Gasteiger partial charge in [0.2, 0.25) is 41.4 Å². The van der Waals surface area contributed by atoms with Crippen LogP contribution in [0.2, 0.25) is 0 Å². The maximum absolute atomic E-state index is 14.4. The van der Waals surface area contributed by atoms with Gasteiger partial charge in [-0.1, -0.05) is 98.1 Å². The van der Waals surface area contributed by atoms with Crippen LogP contribution in [-0.4, -0.2) is 162 Å². The summed E-state index contributed by atoms with van der Waals surface area (Å²) in [6.07, 6.45) is 6.27. The number of unbranched alkanes of at least 4 members (excludes halogenated alkanes) is 2. The molecule has 2 heterocycles. The number of nitrogens with one attached hydrogen (secondary N) is 2. The van der Waals surface area contributed by atoms with Crippen LogP contribution in [-0.2, 0) is 54.3 Å². The molecule has 1 aromatic rings. The summed E-state index contributed by atoms with van der Waals surface area (Å²) in [6.45, 7) is 13.8. The number of hydrogen-bond acceptors (Lipinski definition) is 11. The number of benzene rings is 1. The van der Waals surface area contributed by atoms with Crippen LogP contribution in [0, 0.1) is 29.6 Å². The Labute approximate surface area is 421 Å². The molecule has 16 nitrogen and oxygen atoms in total. The van der Waals surface area contributed by atoms with E-state index >= 15 is 0 Å². The number of ether oxygens (including phenoxy) is 2. The van der Waals surface area contributed by atoms with E-state index < -0.39 is 42.2 Å². The smallest absolute Gasteiger partial charge is 0.243 e. The van der Waals surface area contributed by atoms with E-state index in [1.54, 1.807) is 37.7 Å². The lowest BCUT2D eigenvalue weighted by atomic mass is 9.90. The van der Waals surface area contributed by atoms with Crippen LogP contribution in [0.5, 0.6) is 0 Å². The Hall–Kier alpha value is -4.35. The molecule has 3 fully saturated rings. The Morgan fingerprint density at radius 3 is 2.20 bits per heavy atom. The van der Waals surface area contributed by atoms with Gasteiger partial charge in [0.1, 0.15) is 12.3 Å². The number of carbonyl (C=O) groups excluding carboxylic acids is 8. The van der Waals surface area contributed by atoms with Crippen molar-refractivity contribution in [1.29, 1.82) is 0 Å². The molecule has 0 spiro atoms. The number of rotatable bonds is 31. The van der Waals surface area contributed by atoms with Crippen molar-refractivity contribution in [3.05, 3.63) is 35.9 Å². The summed E-state index contributed by atoms with van der Waals surface area (Å²) in [5.74, 6) is -1.06. The van der Waals surface area contributed by atoms with Crippen molar-refractivity contribution in [2.24, 2.45) is 29.6 Å². The van der Waals surface area contributed by atoms with Gasteiger partial charge in [-0.2, -0.15) is 0 Å². The molecule has 0 radical (unpaired) electrons. The summed E-state index contributed by atoms with van der Waals surface area (Å²) in [4.78, 5) is 113. The Kier molecular flexibility index (Phi) is 23.3. The summed E-state index contributed by atoms with van der Waals surface area (Å²) in [6, 6.07) is 7.01. The quantitative estimate of drug-likeness (QED) is 0.0559. The lowest BCUT2D eigenvalue weighted by molar-refractivity contribution is -0.147. The number of hydrogen-bond donors (Lipinski definition) is 2. The minimum Gasteiger partial charge on any atom is -0.379 e. The van der Waals surface area contributed by atoms with Crippen LogP contribution in [0.15, 0.2) is 30.3 Å². The van der Waals surface area contributed by atoms with Gasteiger partial charge in [-0.15, -0.1) is 11.8 Å². The molecule has 4 unspecified atom stereocenters. The fourth-order valence-electron chi connectivity index (χ4n) is 10.5. The van der Waals surface area contributed by atoms with Gasteiger partial charge in [0.25, 0.3) is 0 Å². The van der Waals surface area contributed by atoms with Crippen LogP contribution in [0.4, 0.5) is 0 Å². The molecule has 11 atom stereocenters. The van der Waals surface area contributed by atoms with Gasteiger partial charge in [-0.3, -0.25) is 38.5 Å². The first-order chi connectivity index (χ1) is 33.3. The third kappa shape index (κ3) is 15.8. The number of thioether (sulfide) groups is 1. The normalized spacial score (nSPS) is 21.7. The topological polar surface area (TPSA) is 192 Å². The minimum atomic E-state index is -0.833. The van der Waals surface area contributed by atoms with Gasteiger partial charge in [0, 0.05) is 53.7 Å². The molecule has 2 aliphatic heterocycles. The number of fused-ring (bicyclic) bond motifs is 1. The zero-order valence-corrected chi connectivity index (χ0v) is 44.7. The highest BCUT2D eigenvalue weighted by Crippen LogP contribution is 2.50. The number of likely N-dealkylation sites (tertiary alicyclic amines) is 2. The molecular weight excluding hydrogens is 913 g/mol. The maximum Gasteiger partial charge on any atom is 0.243 e. The summed E-state index contributed by atoms with van der Waals surface area (Å²) >= 11 is 1.57. The number of likely N-dealkylation sites (N-methyl/N-ethyl adjacent to an activating group) is 2. The molecule has 1 aromatic carbocycles. The number of imide groups is 1. The fraction of sp³-hybridized carbons (Fsp3) is 0.736. The maximum atomic E-state index is 14.4. The van der Waals surface area contributed by atoms with Crippen molar-refractivity contribution >= 4 is 59.4 Å². The summed E-state index contributed by atoms with van der Waals surface area (Å²) in [5.41, 5.74) is 0.921. The van der Waals surface area contributed by atoms with Gasteiger partial charge >= 0.3 is 0 Å². The number of carbonyl (C=O) groups is 8. The highest BCUT2D eigenvalue weighted by Gasteiger charge is 2.57. The van der Waals surface area contributed by atoms with Crippen LogP contribution in [0.25, 0.3) is 0 Å². The zero-order valence-electron chi connectivity index (χ0n) is 43.9. The first-order valence-corrected chi connectivity index (χ1v) is 26.8. The molecule has 17 heteroatoms. The Bertz CT molecular complexity index is 1920. The number of piperidine rings is 1. The van der Waals surface area contributed by atoms with Crippen molar-refractivity contribution in [3.63, 3.8) is 0 Å². The van der Waals surface area contributed by atoms with E-state index in [9.17, 15) is 38.4 Å². The van der Waals surface area contributed by atoms with E-state index in [0.29, 0.717) is 56.9 Å². The Morgan fingerprint density at radius 2 is 1.59 bits per heavy atom. The van der Waals surface area contributed by atoms with E-state index in [-0.39, 0.29) is 90.4 Å². The van der Waals surface area contributed by atoms with Gasteiger partial charge in [-0.25, -0.2) is 0 Å². The predicted octanol–water partition coefficient (Wildman–Crippen LogP) is 5.29. The van der Waals surface area contributed by atoms with Crippen molar-refractivity contribution in [1.82, 2.24) is 30.2 Å². The van der Waals surface area contributed by atoms with Gasteiger partial charge in [0.05, 0.1) is 54.5 Å². The lowest BCUT2D eigenvalue weighted by Crippen LogP contribution is -2.56. The third-order valence-corrected chi connectivity index (χ3v) is 16.0. The van der Waals surface area contributed by atoms with Crippen LogP contribution >= 0.6 is 11.8 Å². The van der Waals surface area contributed by atoms with Gasteiger partial charge in [0.15, 0.2) is 0 Å². The monoisotopic (exact) mass is 997 g/mol. The van der Waals surface area contributed by atoms with E-state index in [0.717, 1.165) is 36.9 Å². The fourth-order valence-corrected chi connectivity index (χ4v) is 11.6. The second-order valence-corrected chi connectivity index (χ2v) is 22.0. The van der Waals surface area contributed by atoms with Crippen LogP contribution in [0.3, 0.4) is 0 Å². The lowest BCUT2D eigenvalue weighted by Gasteiger charge is -2.40. The molecule has 1 saturated carbocycles. The second kappa shape index (κ2) is 28.0. The number of nitrogens with zero attached hydrogens (tertiary/aromatic N) is 4.